The highest BCUT2D eigenvalue weighted by Gasteiger charge is 2.37. The van der Waals surface area contributed by atoms with Crippen LogP contribution < -0.4 is 19.3 Å². The smallest absolute Gasteiger partial charge is 0.257 e. The number of amides is 1. The lowest BCUT2D eigenvalue weighted by Gasteiger charge is -2.39. The van der Waals surface area contributed by atoms with Crippen LogP contribution in [0.25, 0.3) is 0 Å². The average molecular weight is 424 g/mol. The lowest BCUT2D eigenvalue weighted by atomic mass is 10.0. The summed E-state index contributed by atoms with van der Waals surface area (Å²) < 4.78 is 11.4. The molecule has 2 fully saturated rings. The summed E-state index contributed by atoms with van der Waals surface area (Å²) in [5, 5.41) is 0. The molecule has 1 amide bonds. The number of piperidine rings is 1. The Morgan fingerprint density at radius 2 is 1.71 bits per heavy atom. The zero-order valence-corrected chi connectivity index (χ0v) is 18.2. The molecule has 31 heavy (non-hydrogen) atoms. The van der Waals surface area contributed by atoms with Crippen molar-refractivity contribution in [1.29, 1.82) is 0 Å². The van der Waals surface area contributed by atoms with Gasteiger partial charge in [0, 0.05) is 45.3 Å². The second kappa shape index (κ2) is 8.24. The van der Waals surface area contributed by atoms with Crippen molar-refractivity contribution < 1.29 is 14.3 Å². The van der Waals surface area contributed by atoms with Crippen molar-refractivity contribution in [2.24, 2.45) is 0 Å². The molecule has 1 saturated carbocycles. The first-order valence-electron chi connectivity index (χ1n) is 11.1. The van der Waals surface area contributed by atoms with Gasteiger partial charge in [-0.1, -0.05) is 6.07 Å². The Morgan fingerprint density at radius 1 is 1.00 bits per heavy atom. The number of carbonyl (C=O) groups excluding carboxylic acids is 1. The summed E-state index contributed by atoms with van der Waals surface area (Å²) >= 11 is 0. The number of fused-ring (bicyclic) bond motifs is 1. The molecule has 1 saturated heterocycles. The summed E-state index contributed by atoms with van der Waals surface area (Å²) in [6.45, 7) is 2.45. The normalized spacial score (nSPS) is 18.6. The molecule has 8 heteroatoms. The molecule has 2 aromatic rings. The third kappa shape index (κ3) is 3.98. The van der Waals surface area contributed by atoms with Gasteiger partial charge in [0.25, 0.3) is 5.91 Å². The lowest BCUT2D eigenvalue weighted by molar-refractivity contribution is 0.0701. The SMILES string of the molecule is CN(C)c1cc(N(C2CC2)C2CCN(C(=O)c3cccc4c3OCCO4)CC2)ncn1. The van der Waals surface area contributed by atoms with Crippen molar-refractivity contribution in [1.82, 2.24) is 14.9 Å². The van der Waals surface area contributed by atoms with Gasteiger partial charge in [-0.25, -0.2) is 9.97 Å². The summed E-state index contributed by atoms with van der Waals surface area (Å²) in [5.74, 6) is 3.17. The molecule has 164 valence electrons. The molecule has 8 nitrogen and oxygen atoms in total. The van der Waals surface area contributed by atoms with E-state index in [2.05, 4.69) is 20.9 Å². The van der Waals surface area contributed by atoms with E-state index in [1.165, 1.54) is 12.8 Å². The topological polar surface area (TPSA) is 71.0 Å². The van der Waals surface area contributed by atoms with E-state index in [1.54, 1.807) is 6.33 Å². The summed E-state index contributed by atoms with van der Waals surface area (Å²) in [4.78, 5) is 28.6. The Hall–Kier alpha value is -3.03. The van der Waals surface area contributed by atoms with E-state index in [9.17, 15) is 4.79 Å². The fourth-order valence-electron chi connectivity index (χ4n) is 4.51. The van der Waals surface area contributed by atoms with E-state index in [-0.39, 0.29) is 5.91 Å². The number of carbonyl (C=O) groups is 1. The zero-order valence-electron chi connectivity index (χ0n) is 18.2. The summed E-state index contributed by atoms with van der Waals surface area (Å²) in [6.07, 6.45) is 5.91. The first-order valence-corrected chi connectivity index (χ1v) is 11.1. The maximum Gasteiger partial charge on any atom is 0.257 e. The summed E-state index contributed by atoms with van der Waals surface area (Å²) in [6, 6.07) is 8.55. The van der Waals surface area contributed by atoms with Crippen molar-refractivity contribution in [3.63, 3.8) is 0 Å². The lowest BCUT2D eigenvalue weighted by Crippen LogP contribution is -2.48. The monoisotopic (exact) mass is 423 g/mol. The van der Waals surface area contributed by atoms with Crippen molar-refractivity contribution in [3.8, 4) is 11.5 Å². The zero-order chi connectivity index (χ0) is 21.4. The minimum Gasteiger partial charge on any atom is -0.486 e. The molecule has 0 atom stereocenters. The van der Waals surface area contributed by atoms with E-state index >= 15 is 0 Å². The molecule has 3 heterocycles. The highest BCUT2D eigenvalue weighted by molar-refractivity contribution is 5.98. The van der Waals surface area contributed by atoms with E-state index in [0.717, 1.165) is 37.6 Å². The van der Waals surface area contributed by atoms with Crippen molar-refractivity contribution in [2.75, 3.05) is 50.2 Å². The number of nitrogens with zero attached hydrogens (tertiary/aromatic N) is 5. The first kappa shape index (κ1) is 19.9. The highest BCUT2D eigenvalue weighted by atomic mass is 16.6. The maximum absolute atomic E-state index is 13.2. The van der Waals surface area contributed by atoms with Crippen LogP contribution in [0.4, 0.5) is 11.6 Å². The third-order valence-electron chi connectivity index (χ3n) is 6.24. The molecular formula is C23H29N5O3. The molecule has 1 aromatic carbocycles. The molecule has 1 aliphatic carbocycles. The Bertz CT molecular complexity index is 954. The molecular weight excluding hydrogens is 394 g/mol. The number of hydrogen-bond donors (Lipinski definition) is 0. The van der Waals surface area contributed by atoms with Crippen LogP contribution in [0.15, 0.2) is 30.6 Å². The van der Waals surface area contributed by atoms with Crippen LogP contribution >= 0.6 is 0 Å². The number of para-hydroxylation sites is 1. The second-order valence-corrected chi connectivity index (χ2v) is 8.62. The van der Waals surface area contributed by atoms with Gasteiger partial charge in [0.2, 0.25) is 0 Å². The number of hydrogen-bond acceptors (Lipinski definition) is 7. The van der Waals surface area contributed by atoms with Crippen LogP contribution in [-0.4, -0.2) is 73.3 Å². The van der Waals surface area contributed by atoms with Crippen LogP contribution in [0.2, 0.25) is 0 Å². The Morgan fingerprint density at radius 3 is 2.45 bits per heavy atom. The fraction of sp³-hybridized carbons (Fsp3) is 0.522. The predicted molar refractivity (Wildman–Crippen MR) is 118 cm³/mol. The molecule has 2 aliphatic heterocycles. The van der Waals surface area contributed by atoms with Gasteiger partial charge in [0.15, 0.2) is 11.5 Å². The largest absolute Gasteiger partial charge is 0.486 e. The number of rotatable bonds is 5. The molecule has 1 aromatic heterocycles. The second-order valence-electron chi connectivity index (χ2n) is 8.62. The van der Waals surface area contributed by atoms with Crippen molar-refractivity contribution in [2.45, 2.75) is 37.8 Å². The maximum atomic E-state index is 13.2. The molecule has 0 bridgehead atoms. The number of likely N-dealkylation sites (tertiary alicyclic amines) is 1. The Kier molecular flexibility index (Phi) is 5.29. The average Bonchev–Trinajstić information content (AvgIpc) is 3.64. The van der Waals surface area contributed by atoms with Crippen molar-refractivity contribution >= 4 is 17.5 Å². The van der Waals surface area contributed by atoms with E-state index < -0.39 is 0 Å². The van der Waals surface area contributed by atoms with Gasteiger partial charge in [-0.2, -0.15) is 0 Å². The molecule has 0 N–H and O–H groups in total. The standard InChI is InChI=1S/C23H29N5O3/c1-26(2)20-14-21(25-15-24-20)28(16-6-7-16)17-8-10-27(11-9-17)23(29)18-4-3-5-19-22(18)31-13-12-30-19/h3-5,14-17H,6-13H2,1-2H3. The molecule has 0 unspecified atom stereocenters. The molecule has 0 radical (unpaired) electrons. The number of benzene rings is 1. The molecule has 3 aliphatic rings. The number of ether oxygens (including phenoxy) is 2. The van der Waals surface area contributed by atoms with Gasteiger partial charge in [-0.3, -0.25) is 4.79 Å². The highest BCUT2D eigenvalue weighted by Crippen LogP contribution is 2.37. The number of anilines is 2. The minimum atomic E-state index is 0.0238. The van der Waals surface area contributed by atoms with Gasteiger partial charge in [-0.15, -0.1) is 0 Å². The molecule has 0 spiro atoms. The predicted octanol–water partition coefficient (Wildman–Crippen LogP) is 2.59. The Balaban J connectivity index is 1.30. The van der Waals surface area contributed by atoms with Crippen LogP contribution in [0.1, 0.15) is 36.0 Å². The van der Waals surface area contributed by atoms with E-state index in [1.807, 2.05) is 42.1 Å². The first-order chi connectivity index (χ1) is 15.1. The molecule has 5 rings (SSSR count). The van der Waals surface area contributed by atoms with Gasteiger partial charge < -0.3 is 24.2 Å². The minimum absolute atomic E-state index is 0.0238. The van der Waals surface area contributed by atoms with Crippen LogP contribution in [0.5, 0.6) is 11.5 Å². The van der Waals surface area contributed by atoms with Gasteiger partial charge in [0.05, 0.1) is 5.56 Å². The number of aromatic nitrogens is 2. The fourth-order valence-corrected chi connectivity index (χ4v) is 4.51. The van der Waals surface area contributed by atoms with Crippen LogP contribution in [0.3, 0.4) is 0 Å². The third-order valence-corrected chi connectivity index (χ3v) is 6.24. The van der Waals surface area contributed by atoms with E-state index in [4.69, 9.17) is 9.47 Å². The van der Waals surface area contributed by atoms with Crippen LogP contribution in [-0.2, 0) is 0 Å². The van der Waals surface area contributed by atoms with Crippen LogP contribution in [0, 0.1) is 0 Å². The van der Waals surface area contributed by atoms with E-state index in [0.29, 0.717) is 42.4 Å². The van der Waals surface area contributed by atoms with Gasteiger partial charge in [-0.05, 0) is 37.8 Å². The quantitative estimate of drug-likeness (QED) is 0.732. The summed E-state index contributed by atoms with van der Waals surface area (Å²) in [7, 11) is 3.99. The van der Waals surface area contributed by atoms with Gasteiger partial charge >= 0.3 is 0 Å². The summed E-state index contributed by atoms with van der Waals surface area (Å²) in [5.41, 5.74) is 0.598. The Labute approximate surface area is 182 Å². The van der Waals surface area contributed by atoms with Gasteiger partial charge in [0.1, 0.15) is 31.2 Å². The van der Waals surface area contributed by atoms with Crippen molar-refractivity contribution in [3.05, 3.63) is 36.2 Å².